The van der Waals surface area contributed by atoms with E-state index in [9.17, 15) is 8.42 Å². The van der Waals surface area contributed by atoms with E-state index >= 15 is 0 Å². The molecule has 0 saturated heterocycles. The molecule has 1 unspecified atom stereocenters. The zero-order valence-electron chi connectivity index (χ0n) is 12.3. The van der Waals surface area contributed by atoms with Gasteiger partial charge in [-0.2, -0.15) is 0 Å². The number of ether oxygens (including phenoxy) is 2. The summed E-state index contributed by atoms with van der Waals surface area (Å²) >= 11 is 4.87. The normalized spacial score (nSPS) is 13.1. The maximum absolute atomic E-state index is 12.3. The van der Waals surface area contributed by atoms with Crippen molar-refractivity contribution in [3.63, 3.8) is 0 Å². The average Bonchev–Trinajstić information content (AvgIpc) is 2.42. The Morgan fingerprint density at radius 2 is 2.10 bits per heavy atom. The van der Waals surface area contributed by atoms with Crippen LogP contribution < -0.4 is 10.5 Å². The van der Waals surface area contributed by atoms with E-state index in [1.54, 1.807) is 19.1 Å². The number of benzene rings is 1. The van der Waals surface area contributed by atoms with Gasteiger partial charge in [-0.1, -0.05) is 18.3 Å². The van der Waals surface area contributed by atoms with Crippen LogP contribution in [0.25, 0.3) is 0 Å². The van der Waals surface area contributed by atoms with Gasteiger partial charge in [-0.25, -0.2) is 13.1 Å². The lowest BCUT2D eigenvalue weighted by atomic mass is 10.1. The van der Waals surface area contributed by atoms with Crippen LogP contribution in [0, 0.1) is 6.92 Å². The van der Waals surface area contributed by atoms with Gasteiger partial charge in [0.05, 0.1) is 17.6 Å². The quantitative estimate of drug-likeness (QED) is 0.676. The number of rotatable bonds is 8. The lowest BCUT2D eigenvalue weighted by Crippen LogP contribution is -2.35. The van der Waals surface area contributed by atoms with E-state index in [0.717, 1.165) is 0 Å². The van der Waals surface area contributed by atoms with Crippen molar-refractivity contribution in [2.75, 3.05) is 27.4 Å². The summed E-state index contributed by atoms with van der Waals surface area (Å²) < 4.78 is 37.1. The molecule has 6 nitrogen and oxygen atoms in total. The van der Waals surface area contributed by atoms with E-state index in [1.165, 1.54) is 20.3 Å². The summed E-state index contributed by atoms with van der Waals surface area (Å²) in [6.07, 6.45) is -0.346. The molecule has 0 fully saturated rings. The molecule has 0 spiro atoms. The molecule has 118 valence electrons. The second kappa shape index (κ2) is 7.81. The highest BCUT2D eigenvalue weighted by Gasteiger charge is 2.19. The highest BCUT2D eigenvalue weighted by atomic mass is 32.2. The van der Waals surface area contributed by atoms with E-state index in [0.29, 0.717) is 17.7 Å². The Morgan fingerprint density at radius 3 is 2.57 bits per heavy atom. The Bertz CT molecular complexity index is 602. The van der Waals surface area contributed by atoms with Crippen LogP contribution in [0.1, 0.15) is 11.1 Å². The van der Waals surface area contributed by atoms with Crippen LogP contribution in [0.3, 0.4) is 0 Å². The average molecular weight is 332 g/mol. The molecule has 0 aliphatic heterocycles. The van der Waals surface area contributed by atoms with E-state index in [4.69, 9.17) is 27.4 Å². The molecule has 0 aliphatic rings. The molecular weight excluding hydrogens is 312 g/mol. The number of nitrogens with two attached hydrogens (primary N) is 1. The summed E-state index contributed by atoms with van der Waals surface area (Å²) in [6, 6.07) is 4.73. The standard InChI is InChI=1S/C13H20N2O4S2/c1-9-6-10(13(14)20)4-5-12(9)21(16,17)15-7-11(19-3)8-18-2/h4-6,11,15H,7-8H2,1-3H3,(H2,14,20). The third kappa shape index (κ3) is 5.01. The minimum Gasteiger partial charge on any atom is -0.389 e. The monoisotopic (exact) mass is 332 g/mol. The zero-order valence-corrected chi connectivity index (χ0v) is 13.9. The maximum atomic E-state index is 12.3. The third-order valence-corrected chi connectivity index (χ3v) is 4.76. The van der Waals surface area contributed by atoms with Crippen molar-refractivity contribution in [1.29, 1.82) is 0 Å². The van der Waals surface area contributed by atoms with Gasteiger partial charge in [-0.05, 0) is 24.6 Å². The second-order valence-corrected chi connectivity index (χ2v) is 6.68. The molecular formula is C13H20N2O4S2. The summed E-state index contributed by atoms with van der Waals surface area (Å²) in [5.74, 6) is 0. The van der Waals surface area contributed by atoms with Crippen LogP contribution in [0.15, 0.2) is 23.1 Å². The summed E-state index contributed by atoms with van der Waals surface area (Å²) in [4.78, 5) is 0.421. The Labute approximate surface area is 130 Å². The first-order valence-electron chi connectivity index (χ1n) is 6.23. The fourth-order valence-corrected chi connectivity index (χ4v) is 3.20. The highest BCUT2D eigenvalue weighted by molar-refractivity contribution is 7.89. The van der Waals surface area contributed by atoms with Crippen LogP contribution in [0.2, 0.25) is 0 Å². The minimum absolute atomic E-state index is 0.128. The van der Waals surface area contributed by atoms with E-state index < -0.39 is 10.0 Å². The topological polar surface area (TPSA) is 90.7 Å². The second-order valence-electron chi connectivity index (χ2n) is 4.51. The minimum atomic E-state index is -3.63. The predicted molar refractivity (Wildman–Crippen MR) is 84.9 cm³/mol. The third-order valence-electron chi connectivity index (χ3n) is 2.94. The van der Waals surface area contributed by atoms with Gasteiger partial charge in [0.25, 0.3) is 0 Å². The Kier molecular flexibility index (Phi) is 6.69. The predicted octanol–water partition coefficient (Wildman–Crippen LogP) is 0.569. The van der Waals surface area contributed by atoms with Crippen molar-refractivity contribution < 1.29 is 17.9 Å². The van der Waals surface area contributed by atoms with E-state index in [1.807, 2.05) is 0 Å². The molecule has 0 amide bonds. The first kappa shape index (κ1) is 18.0. The molecule has 0 heterocycles. The van der Waals surface area contributed by atoms with Gasteiger partial charge in [0.1, 0.15) is 4.99 Å². The maximum Gasteiger partial charge on any atom is 0.240 e. The fourth-order valence-electron chi connectivity index (χ4n) is 1.78. The van der Waals surface area contributed by atoms with Crippen molar-refractivity contribution in [2.45, 2.75) is 17.9 Å². The number of aryl methyl sites for hydroxylation is 1. The van der Waals surface area contributed by atoms with Gasteiger partial charge < -0.3 is 15.2 Å². The molecule has 1 aromatic carbocycles. The summed E-state index contributed by atoms with van der Waals surface area (Å²) in [5, 5.41) is 0. The van der Waals surface area contributed by atoms with Gasteiger partial charge in [0.2, 0.25) is 10.0 Å². The van der Waals surface area contributed by atoms with Gasteiger partial charge in [0.15, 0.2) is 0 Å². The molecule has 21 heavy (non-hydrogen) atoms. The van der Waals surface area contributed by atoms with Crippen LogP contribution in [0.5, 0.6) is 0 Å². The van der Waals surface area contributed by atoms with Crippen molar-refractivity contribution in [1.82, 2.24) is 4.72 Å². The molecule has 1 aromatic rings. The number of hydrogen-bond acceptors (Lipinski definition) is 5. The SMILES string of the molecule is COCC(CNS(=O)(=O)c1ccc(C(N)=S)cc1C)OC. The summed E-state index contributed by atoms with van der Waals surface area (Å²) in [5.41, 5.74) is 6.74. The Balaban J connectivity index is 2.90. The lowest BCUT2D eigenvalue weighted by Gasteiger charge is -2.16. The molecule has 0 aliphatic carbocycles. The van der Waals surface area contributed by atoms with Gasteiger partial charge in [-0.3, -0.25) is 0 Å². The molecule has 1 atom stereocenters. The van der Waals surface area contributed by atoms with Gasteiger partial charge >= 0.3 is 0 Å². The molecule has 8 heteroatoms. The van der Waals surface area contributed by atoms with Crippen LogP contribution >= 0.6 is 12.2 Å². The van der Waals surface area contributed by atoms with E-state index in [2.05, 4.69) is 4.72 Å². The van der Waals surface area contributed by atoms with Crippen LogP contribution in [0.4, 0.5) is 0 Å². The molecule has 1 rings (SSSR count). The van der Waals surface area contributed by atoms with Gasteiger partial charge in [-0.15, -0.1) is 0 Å². The van der Waals surface area contributed by atoms with Crippen LogP contribution in [-0.2, 0) is 19.5 Å². The molecule has 0 bridgehead atoms. The largest absolute Gasteiger partial charge is 0.389 e. The first-order chi connectivity index (χ1) is 9.81. The van der Waals surface area contributed by atoms with Gasteiger partial charge in [0, 0.05) is 26.3 Å². The number of nitrogens with one attached hydrogen (secondary N) is 1. The highest BCUT2D eigenvalue weighted by Crippen LogP contribution is 2.16. The summed E-state index contributed by atoms with van der Waals surface area (Å²) in [7, 11) is -0.599. The molecule has 0 aromatic heterocycles. The molecule has 0 saturated carbocycles. The van der Waals surface area contributed by atoms with Crippen molar-refractivity contribution >= 4 is 27.2 Å². The zero-order chi connectivity index (χ0) is 16.0. The first-order valence-corrected chi connectivity index (χ1v) is 8.12. The Hall–Kier alpha value is -1.06. The summed E-state index contributed by atoms with van der Waals surface area (Å²) in [6.45, 7) is 2.13. The van der Waals surface area contributed by atoms with Crippen LogP contribution in [-0.4, -0.2) is 46.9 Å². The van der Waals surface area contributed by atoms with Crippen molar-refractivity contribution in [3.05, 3.63) is 29.3 Å². The number of thiocarbonyl (C=S) groups is 1. The number of hydrogen-bond donors (Lipinski definition) is 2. The Morgan fingerprint density at radius 1 is 1.43 bits per heavy atom. The smallest absolute Gasteiger partial charge is 0.240 e. The lowest BCUT2D eigenvalue weighted by molar-refractivity contribution is 0.0320. The number of methoxy groups -OCH3 is 2. The fraction of sp³-hybridized carbons (Fsp3) is 0.462. The van der Waals surface area contributed by atoms with E-state index in [-0.39, 0.29) is 22.5 Å². The van der Waals surface area contributed by atoms with Crippen molar-refractivity contribution in [2.24, 2.45) is 5.73 Å². The number of sulfonamides is 1. The van der Waals surface area contributed by atoms with Crippen molar-refractivity contribution in [3.8, 4) is 0 Å². The molecule has 0 radical (unpaired) electrons. The molecule has 3 N–H and O–H groups in total.